The van der Waals surface area contributed by atoms with Crippen molar-refractivity contribution in [2.24, 2.45) is 0 Å². The first-order valence-electron chi connectivity index (χ1n) is 7.90. The maximum absolute atomic E-state index is 13.4. The molecular weight excluding hydrogens is 355 g/mol. The summed E-state index contributed by atoms with van der Waals surface area (Å²) in [5.41, 5.74) is 0.0678. The third-order valence-electron chi connectivity index (χ3n) is 4.10. The summed E-state index contributed by atoms with van der Waals surface area (Å²) in [6.45, 7) is 0.206. The number of hydrogen-bond acceptors (Lipinski definition) is 4. The molecule has 130 valence electrons. The second-order valence-corrected chi connectivity index (χ2v) is 7.09. The third kappa shape index (κ3) is 2.97. The van der Waals surface area contributed by atoms with Crippen LogP contribution in [0.2, 0.25) is 0 Å². The Hall–Kier alpha value is -3.06. The van der Waals surface area contributed by atoms with Gasteiger partial charge < -0.3 is 5.11 Å². The summed E-state index contributed by atoms with van der Waals surface area (Å²) in [5.74, 6) is -1.32. The van der Waals surface area contributed by atoms with Crippen molar-refractivity contribution >= 4 is 38.2 Å². The summed E-state index contributed by atoms with van der Waals surface area (Å²) in [6, 6.07) is 13.2. The summed E-state index contributed by atoms with van der Waals surface area (Å²) in [5, 5.41) is 15.2. The lowest BCUT2D eigenvalue weighted by Gasteiger charge is -2.09. The average molecular weight is 368 g/mol. The van der Waals surface area contributed by atoms with Crippen LogP contribution in [0.4, 0.5) is 4.39 Å². The van der Waals surface area contributed by atoms with Crippen molar-refractivity contribution in [1.82, 2.24) is 9.78 Å². The predicted molar refractivity (Wildman–Crippen MR) is 98.2 cm³/mol. The van der Waals surface area contributed by atoms with E-state index in [1.807, 2.05) is 6.07 Å². The fraction of sp³-hybridized carbons (Fsp3) is 0.105. The molecule has 0 saturated carbocycles. The molecule has 0 radical (unpaired) electrons. The molecule has 0 aliphatic heterocycles. The molecule has 4 aromatic rings. The molecule has 0 amide bonds. The number of rotatable bonds is 4. The van der Waals surface area contributed by atoms with Gasteiger partial charge in [0.2, 0.25) is 0 Å². The number of carbonyl (C=O) groups is 1. The number of carboxylic acid groups (broad SMARTS) is 1. The van der Waals surface area contributed by atoms with E-state index in [-0.39, 0.29) is 24.3 Å². The molecule has 0 spiro atoms. The smallest absolute Gasteiger partial charge is 0.309 e. The lowest BCUT2D eigenvalue weighted by atomic mass is 10.1. The van der Waals surface area contributed by atoms with Gasteiger partial charge in [0.15, 0.2) is 0 Å². The summed E-state index contributed by atoms with van der Waals surface area (Å²) in [6.07, 6.45) is -0.265. The Morgan fingerprint density at radius 3 is 2.69 bits per heavy atom. The van der Waals surface area contributed by atoms with Gasteiger partial charge in [0.1, 0.15) is 5.82 Å². The van der Waals surface area contributed by atoms with Crippen molar-refractivity contribution in [3.8, 4) is 0 Å². The standard InChI is InChI=1S/C19H13FN2O3S/c20-12-5-6-17-11(7-12)8-13(26-17)10-22-19(25)15-4-2-1-3-14(15)16(21-22)9-18(23)24/h1-8H,9-10H2,(H,23,24). The van der Waals surface area contributed by atoms with E-state index in [4.69, 9.17) is 5.11 Å². The Morgan fingerprint density at radius 1 is 1.15 bits per heavy atom. The molecule has 0 saturated heterocycles. The van der Waals surface area contributed by atoms with Crippen LogP contribution in [0.3, 0.4) is 0 Å². The molecule has 1 N–H and O–H groups in total. The number of benzene rings is 2. The lowest BCUT2D eigenvalue weighted by Crippen LogP contribution is -2.25. The van der Waals surface area contributed by atoms with Crippen LogP contribution in [0.1, 0.15) is 10.6 Å². The Kier molecular flexibility index (Phi) is 4.00. The monoisotopic (exact) mass is 368 g/mol. The Morgan fingerprint density at radius 2 is 1.92 bits per heavy atom. The molecule has 2 aromatic heterocycles. The number of aliphatic carboxylic acids is 1. The molecule has 0 unspecified atom stereocenters. The van der Waals surface area contributed by atoms with Gasteiger partial charge >= 0.3 is 5.97 Å². The fourth-order valence-corrected chi connectivity index (χ4v) is 4.01. The van der Waals surface area contributed by atoms with Crippen LogP contribution in [-0.2, 0) is 17.8 Å². The first-order chi connectivity index (χ1) is 12.5. The third-order valence-corrected chi connectivity index (χ3v) is 5.20. The highest BCUT2D eigenvalue weighted by molar-refractivity contribution is 7.19. The van der Waals surface area contributed by atoms with Gasteiger partial charge in [0, 0.05) is 15.0 Å². The van der Waals surface area contributed by atoms with Crippen LogP contribution in [0, 0.1) is 5.82 Å². The van der Waals surface area contributed by atoms with Crippen LogP contribution in [0.15, 0.2) is 53.3 Å². The van der Waals surface area contributed by atoms with Gasteiger partial charge in [-0.1, -0.05) is 18.2 Å². The molecule has 0 fully saturated rings. The van der Waals surface area contributed by atoms with Gasteiger partial charge in [-0.15, -0.1) is 11.3 Å². The highest BCUT2D eigenvalue weighted by atomic mass is 32.1. The van der Waals surface area contributed by atoms with Crippen LogP contribution in [0.5, 0.6) is 0 Å². The topological polar surface area (TPSA) is 72.2 Å². The zero-order valence-corrected chi connectivity index (χ0v) is 14.3. The molecular formula is C19H13FN2O3S. The van der Waals surface area contributed by atoms with E-state index in [9.17, 15) is 14.0 Å². The molecule has 2 aromatic carbocycles. The normalized spacial score (nSPS) is 11.3. The Bertz CT molecular complexity index is 1210. The van der Waals surface area contributed by atoms with Crippen molar-refractivity contribution in [3.05, 3.63) is 75.3 Å². The summed E-state index contributed by atoms with van der Waals surface area (Å²) in [4.78, 5) is 24.7. The highest BCUT2D eigenvalue weighted by Gasteiger charge is 2.14. The molecule has 0 aliphatic rings. The molecule has 4 rings (SSSR count). The number of thiophene rings is 1. The van der Waals surface area contributed by atoms with E-state index >= 15 is 0 Å². The molecule has 7 heteroatoms. The van der Waals surface area contributed by atoms with E-state index in [0.717, 1.165) is 15.0 Å². The molecule has 26 heavy (non-hydrogen) atoms. The van der Waals surface area contributed by atoms with Crippen molar-refractivity contribution in [1.29, 1.82) is 0 Å². The van der Waals surface area contributed by atoms with Gasteiger partial charge in [-0.2, -0.15) is 5.10 Å². The zero-order valence-electron chi connectivity index (χ0n) is 13.5. The highest BCUT2D eigenvalue weighted by Crippen LogP contribution is 2.26. The van der Waals surface area contributed by atoms with E-state index in [1.165, 1.54) is 28.2 Å². The number of fused-ring (bicyclic) bond motifs is 2. The predicted octanol–water partition coefficient (Wildman–Crippen LogP) is 3.43. The van der Waals surface area contributed by atoms with Crippen molar-refractivity contribution in [2.45, 2.75) is 13.0 Å². The summed E-state index contributed by atoms with van der Waals surface area (Å²) >= 11 is 1.45. The van der Waals surface area contributed by atoms with Gasteiger partial charge in [-0.25, -0.2) is 9.07 Å². The van der Waals surface area contributed by atoms with Gasteiger partial charge in [-0.3, -0.25) is 9.59 Å². The second kappa shape index (κ2) is 6.34. The van der Waals surface area contributed by atoms with Crippen LogP contribution < -0.4 is 5.56 Å². The number of halogens is 1. The Balaban J connectivity index is 1.83. The maximum atomic E-state index is 13.4. The molecule has 0 bridgehead atoms. The number of nitrogens with zero attached hydrogens (tertiary/aromatic N) is 2. The number of carboxylic acids is 1. The SMILES string of the molecule is O=C(O)Cc1nn(Cc2cc3cc(F)ccc3s2)c(=O)c2ccccc12. The molecule has 5 nitrogen and oxygen atoms in total. The minimum absolute atomic E-state index is 0.206. The summed E-state index contributed by atoms with van der Waals surface area (Å²) < 4.78 is 15.6. The van der Waals surface area contributed by atoms with E-state index < -0.39 is 5.97 Å². The largest absolute Gasteiger partial charge is 0.481 e. The van der Waals surface area contributed by atoms with E-state index in [1.54, 1.807) is 30.3 Å². The lowest BCUT2D eigenvalue weighted by molar-refractivity contribution is -0.136. The first kappa shape index (κ1) is 16.4. The minimum atomic E-state index is -1.01. The van der Waals surface area contributed by atoms with Gasteiger partial charge in [0.05, 0.1) is 24.0 Å². The van der Waals surface area contributed by atoms with Crippen molar-refractivity contribution in [3.63, 3.8) is 0 Å². The molecule has 0 aliphatic carbocycles. The summed E-state index contributed by atoms with van der Waals surface area (Å²) in [7, 11) is 0. The van der Waals surface area contributed by atoms with E-state index in [0.29, 0.717) is 16.5 Å². The fourth-order valence-electron chi connectivity index (χ4n) is 2.98. The van der Waals surface area contributed by atoms with Gasteiger partial charge in [-0.05, 0) is 35.7 Å². The van der Waals surface area contributed by atoms with Crippen molar-refractivity contribution < 1.29 is 14.3 Å². The van der Waals surface area contributed by atoms with Crippen LogP contribution >= 0.6 is 11.3 Å². The van der Waals surface area contributed by atoms with Crippen molar-refractivity contribution in [2.75, 3.05) is 0 Å². The minimum Gasteiger partial charge on any atom is -0.481 e. The average Bonchev–Trinajstić information content (AvgIpc) is 3.00. The zero-order chi connectivity index (χ0) is 18.3. The van der Waals surface area contributed by atoms with E-state index in [2.05, 4.69) is 5.10 Å². The van der Waals surface area contributed by atoms with Crippen LogP contribution in [0.25, 0.3) is 20.9 Å². The number of aromatic nitrogens is 2. The molecule has 2 heterocycles. The Labute approximate surface area is 150 Å². The number of hydrogen-bond donors (Lipinski definition) is 1. The van der Waals surface area contributed by atoms with Gasteiger partial charge in [0.25, 0.3) is 5.56 Å². The second-order valence-electron chi connectivity index (χ2n) is 5.92. The van der Waals surface area contributed by atoms with Crippen LogP contribution in [-0.4, -0.2) is 20.9 Å². The quantitative estimate of drug-likeness (QED) is 0.599. The maximum Gasteiger partial charge on any atom is 0.309 e. The molecule has 0 atom stereocenters. The first-order valence-corrected chi connectivity index (χ1v) is 8.71.